The molecule has 1 aromatic heterocycles. The van der Waals surface area contributed by atoms with Crippen molar-refractivity contribution in [2.75, 3.05) is 5.32 Å². The monoisotopic (exact) mass is 373 g/mol. The van der Waals surface area contributed by atoms with Crippen molar-refractivity contribution in [3.05, 3.63) is 51.8 Å². The summed E-state index contributed by atoms with van der Waals surface area (Å²) in [7, 11) is 0. The normalized spacial score (nSPS) is 13.8. The van der Waals surface area contributed by atoms with Crippen LogP contribution >= 0.6 is 11.6 Å². The van der Waals surface area contributed by atoms with Gasteiger partial charge < -0.3 is 15.2 Å². The predicted octanol–water partition coefficient (Wildman–Crippen LogP) is 4.48. The molecule has 5 nitrogen and oxygen atoms in total. The number of carbonyl (C=O) groups excluding carboxylic acids is 2. The fourth-order valence-corrected chi connectivity index (χ4v) is 3.53. The average molecular weight is 374 g/mol. The highest BCUT2D eigenvalue weighted by atomic mass is 35.5. The molecule has 0 spiro atoms. The molecule has 0 aliphatic heterocycles. The van der Waals surface area contributed by atoms with Crippen LogP contribution in [-0.2, 0) is 0 Å². The largest absolute Gasteiger partial charge is 0.349 e. The van der Waals surface area contributed by atoms with Gasteiger partial charge in [0.25, 0.3) is 11.8 Å². The molecule has 2 N–H and O–H groups in total. The zero-order valence-corrected chi connectivity index (χ0v) is 16.3. The average Bonchev–Trinajstić information content (AvgIpc) is 3.30. The first-order valence-electron chi connectivity index (χ1n) is 8.88. The van der Waals surface area contributed by atoms with Gasteiger partial charge in [0.1, 0.15) is 0 Å². The summed E-state index contributed by atoms with van der Waals surface area (Å²) >= 11 is 6.24. The van der Waals surface area contributed by atoms with Crippen molar-refractivity contribution in [3.63, 3.8) is 0 Å². The SMILES string of the molecule is Cc1cc(C(=O)Nc2ccc(C(=O)NC3CC3)c(Cl)c2)c(C)n1C(C)C. The molecule has 0 saturated heterocycles. The molecule has 1 saturated carbocycles. The van der Waals surface area contributed by atoms with Gasteiger partial charge in [-0.05, 0) is 64.8 Å². The number of hydrogen-bond acceptors (Lipinski definition) is 2. The van der Waals surface area contributed by atoms with Crippen LogP contribution in [0.25, 0.3) is 0 Å². The van der Waals surface area contributed by atoms with E-state index in [0.717, 1.165) is 24.2 Å². The third-order valence-electron chi connectivity index (χ3n) is 4.63. The van der Waals surface area contributed by atoms with Crippen molar-refractivity contribution < 1.29 is 9.59 Å². The summed E-state index contributed by atoms with van der Waals surface area (Å²) in [6.07, 6.45) is 2.04. The number of amides is 2. The van der Waals surface area contributed by atoms with Crippen LogP contribution in [0.5, 0.6) is 0 Å². The number of rotatable bonds is 5. The molecule has 2 amide bonds. The van der Waals surface area contributed by atoms with E-state index in [1.807, 2.05) is 19.9 Å². The van der Waals surface area contributed by atoms with E-state index in [-0.39, 0.29) is 23.9 Å². The summed E-state index contributed by atoms with van der Waals surface area (Å²) in [6, 6.07) is 7.41. The van der Waals surface area contributed by atoms with Crippen LogP contribution in [0.4, 0.5) is 5.69 Å². The third-order valence-corrected chi connectivity index (χ3v) is 4.94. The van der Waals surface area contributed by atoms with E-state index >= 15 is 0 Å². The van der Waals surface area contributed by atoms with E-state index in [1.54, 1.807) is 18.2 Å². The molecular formula is C20H24ClN3O2. The highest BCUT2D eigenvalue weighted by Gasteiger charge is 2.25. The van der Waals surface area contributed by atoms with Gasteiger partial charge in [-0.1, -0.05) is 11.6 Å². The zero-order chi connectivity index (χ0) is 19.0. The van der Waals surface area contributed by atoms with E-state index in [0.29, 0.717) is 21.8 Å². The van der Waals surface area contributed by atoms with Gasteiger partial charge in [-0.25, -0.2) is 0 Å². The maximum Gasteiger partial charge on any atom is 0.257 e. The lowest BCUT2D eigenvalue weighted by molar-refractivity contribution is 0.0950. The number of nitrogens with one attached hydrogen (secondary N) is 2. The van der Waals surface area contributed by atoms with Crippen LogP contribution in [0.2, 0.25) is 5.02 Å². The van der Waals surface area contributed by atoms with E-state index < -0.39 is 0 Å². The van der Waals surface area contributed by atoms with Gasteiger partial charge in [0, 0.05) is 29.2 Å². The molecular weight excluding hydrogens is 350 g/mol. The second-order valence-electron chi connectivity index (χ2n) is 7.15. The Morgan fingerprint density at radius 2 is 1.81 bits per heavy atom. The quantitative estimate of drug-likeness (QED) is 0.811. The van der Waals surface area contributed by atoms with Gasteiger partial charge in [0.15, 0.2) is 0 Å². The fourth-order valence-electron chi connectivity index (χ4n) is 3.27. The first kappa shape index (κ1) is 18.5. The van der Waals surface area contributed by atoms with Gasteiger partial charge in [-0.15, -0.1) is 0 Å². The van der Waals surface area contributed by atoms with Crippen molar-refractivity contribution in [2.24, 2.45) is 0 Å². The first-order valence-corrected chi connectivity index (χ1v) is 9.26. The van der Waals surface area contributed by atoms with Crippen LogP contribution in [0, 0.1) is 13.8 Å². The van der Waals surface area contributed by atoms with Gasteiger partial charge >= 0.3 is 0 Å². The molecule has 3 rings (SSSR count). The lowest BCUT2D eigenvalue weighted by Crippen LogP contribution is -2.25. The Morgan fingerprint density at radius 3 is 2.35 bits per heavy atom. The smallest absolute Gasteiger partial charge is 0.257 e. The Bertz CT molecular complexity index is 866. The van der Waals surface area contributed by atoms with Crippen molar-refractivity contribution in [2.45, 2.75) is 52.6 Å². The number of anilines is 1. The van der Waals surface area contributed by atoms with Gasteiger partial charge in [0.05, 0.1) is 16.1 Å². The number of halogens is 1. The number of hydrogen-bond donors (Lipinski definition) is 2. The summed E-state index contributed by atoms with van der Waals surface area (Å²) in [5.41, 5.74) is 3.61. The molecule has 26 heavy (non-hydrogen) atoms. The van der Waals surface area contributed by atoms with E-state index in [4.69, 9.17) is 11.6 Å². The van der Waals surface area contributed by atoms with Gasteiger partial charge in [-0.2, -0.15) is 0 Å². The molecule has 2 aromatic rings. The minimum Gasteiger partial charge on any atom is -0.349 e. The number of carbonyl (C=O) groups is 2. The molecule has 6 heteroatoms. The Morgan fingerprint density at radius 1 is 1.12 bits per heavy atom. The van der Waals surface area contributed by atoms with Crippen LogP contribution < -0.4 is 10.6 Å². The standard InChI is InChI=1S/C20H24ClN3O2/c1-11(2)24-12(3)9-17(13(24)4)20(26)23-15-7-8-16(18(21)10-15)19(25)22-14-5-6-14/h7-11,14H,5-6H2,1-4H3,(H,22,25)(H,23,26). The number of aromatic nitrogens is 1. The molecule has 1 fully saturated rings. The third kappa shape index (κ3) is 3.78. The molecule has 0 unspecified atom stereocenters. The summed E-state index contributed by atoms with van der Waals surface area (Å²) in [6.45, 7) is 8.12. The Hall–Kier alpha value is -2.27. The molecule has 138 valence electrons. The lowest BCUT2D eigenvalue weighted by atomic mass is 10.1. The fraction of sp³-hybridized carbons (Fsp3) is 0.400. The van der Waals surface area contributed by atoms with Crippen LogP contribution in [0.1, 0.15) is 64.8 Å². The zero-order valence-electron chi connectivity index (χ0n) is 15.5. The van der Waals surface area contributed by atoms with E-state index in [2.05, 4.69) is 29.0 Å². The van der Waals surface area contributed by atoms with Gasteiger partial charge in [-0.3, -0.25) is 9.59 Å². The number of benzene rings is 1. The summed E-state index contributed by atoms with van der Waals surface area (Å²) in [5.74, 6) is -0.355. The highest BCUT2D eigenvalue weighted by Crippen LogP contribution is 2.25. The summed E-state index contributed by atoms with van der Waals surface area (Å²) < 4.78 is 2.13. The molecule has 1 aliphatic rings. The topological polar surface area (TPSA) is 63.1 Å². The first-order chi connectivity index (χ1) is 12.3. The van der Waals surface area contributed by atoms with Crippen molar-refractivity contribution in [1.29, 1.82) is 0 Å². The van der Waals surface area contributed by atoms with Crippen molar-refractivity contribution in [1.82, 2.24) is 9.88 Å². The molecule has 0 radical (unpaired) electrons. The molecule has 0 bridgehead atoms. The van der Waals surface area contributed by atoms with E-state index in [9.17, 15) is 9.59 Å². The maximum absolute atomic E-state index is 12.7. The maximum atomic E-state index is 12.7. The van der Waals surface area contributed by atoms with Crippen LogP contribution in [0.3, 0.4) is 0 Å². The molecule has 1 heterocycles. The van der Waals surface area contributed by atoms with E-state index in [1.165, 1.54) is 0 Å². The second-order valence-corrected chi connectivity index (χ2v) is 7.55. The van der Waals surface area contributed by atoms with Crippen molar-refractivity contribution in [3.8, 4) is 0 Å². The van der Waals surface area contributed by atoms with Crippen LogP contribution in [-0.4, -0.2) is 22.4 Å². The Kier molecular flexibility index (Phi) is 5.10. The summed E-state index contributed by atoms with van der Waals surface area (Å²) in [4.78, 5) is 24.8. The van der Waals surface area contributed by atoms with Gasteiger partial charge in [0.2, 0.25) is 0 Å². The molecule has 1 aliphatic carbocycles. The Balaban J connectivity index is 1.76. The summed E-state index contributed by atoms with van der Waals surface area (Å²) in [5, 5.41) is 6.11. The Labute approximate surface area is 158 Å². The number of aryl methyl sites for hydroxylation is 1. The predicted molar refractivity (Wildman–Crippen MR) is 104 cm³/mol. The second kappa shape index (κ2) is 7.16. The molecule has 0 atom stereocenters. The van der Waals surface area contributed by atoms with Crippen LogP contribution in [0.15, 0.2) is 24.3 Å². The minimum atomic E-state index is -0.184. The number of nitrogens with zero attached hydrogens (tertiary/aromatic N) is 1. The minimum absolute atomic E-state index is 0.171. The highest BCUT2D eigenvalue weighted by molar-refractivity contribution is 6.34. The molecule has 1 aromatic carbocycles. The lowest BCUT2D eigenvalue weighted by Gasteiger charge is -2.14. The van der Waals surface area contributed by atoms with Crippen molar-refractivity contribution >= 4 is 29.1 Å².